The number of primary amides is 1. The van der Waals surface area contributed by atoms with E-state index in [1.807, 2.05) is 37.3 Å². The van der Waals surface area contributed by atoms with E-state index in [1.54, 1.807) is 10.7 Å². The molecule has 0 unspecified atom stereocenters. The number of nitrogen functional groups attached to an aromatic ring is 1. The molecule has 0 aliphatic carbocycles. The summed E-state index contributed by atoms with van der Waals surface area (Å²) in [5.74, 6) is -0.481. The Morgan fingerprint density at radius 2 is 1.95 bits per heavy atom. The molecule has 2 aromatic heterocycles. The molecule has 0 bridgehead atoms. The summed E-state index contributed by atoms with van der Waals surface area (Å²) in [6.45, 7) is 1.85. The molecule has 0 saturated carbocycles. The maximum absolute atomic E-state index is 11.3. The van der Waals surface area contributed by atoms with Crippen molar-refractivity contribution >= 4 is 22.8 Å². The molecule has 6 heteroatoms. The first-order chi connectivity index (χ1) is 9.58. The zero-order chi connectivity index (χ0) is 14.3. The molecule has 3 rings (SSSR count). The third kappa shape index (κ3) is 1.78. The predicted octanol–water partition coefficient (Wildman–Crippen LogP) is 1.41. The van der Waals surface area contributed by atoms with Crippen LogP contribution in [0.4, 0.5) is 5.82 Å². The van der Waals surface area contributed by atoms with Gasteiger partial charge in [0.2, 0.25) is 0 Å². The standard InChI is InChI=1S/C14H13N5O/c1-8-10-7-11(13(16)20)12(15)17-14(10)19(18-8)9-5-3-2-4-6-9/h2-7H,1H3,(H2,15,17)(H2,16,20). The first kappa shape index (κ1) is 12.2. The van der Waals surface area contributed by atoms with Crippen molar-refractivity contribution in [2.75, 3.05) is 5.73 Å². The van der Waals surface area contributed by atoms with Crippen LogP contribution >= 0.6 is 0 Å². The van der Waals surface area contributed by atoms with Gasteiger partial charge in [-0.05, 0) is 25.1 Å². The van der Waals surface area contributed by atoms with Gasteiger partial charge >= 0.3 is 0 Å². The lowest BCUT2D eigenvalue weighted by atomic mass is 10.2. The van der Waals surface area contributed by atoms with Gasteiger partial charge in [-0.25, -0.2) is 9.67 Å². The Morgan fingerprint density at radius 1 is 1.25 bits per heavy atom. The van der Waals surface area contributed by atoms with Gasteiger partial charge in [-0.2, -0.15) is 5.10 Å². The van der Waals surface area contributed by atoms with E-state index in [9.17, 15) is 4.79 Å². The Hall–Kier alpha value is -2.89. The van der Waals surface area contributed by atoms with Gasteiger partial charge in [-0.15, -0.1) is 0 Å². The number of aryl methyl sites for hydroxylation is 1. The molecule has 0 fully saturated rings. The first-order valence-electron chi connectivity index (χ1n) is 6.09. The lowest BCUT2D eigenvalue weighted by Gasteiger charge is -2.04. The number of aromatic nitrogens is 3. The molecular weight excluding hydrogens is 254 g/mol. The highest BCUT2D eigenvalue weighted by atomic mass is 16.1. The molecule has 0 atom stereocenters. The average molecular weight is 267 g/mol. The molecule has 0 aliphatic heterocycles. The second-order valence-electron chi connectivity index (χ2n) is 4.49. The van der Waals surface area contributed by atoms with Crippen LogP contribution in [0.2, 0.25) is 0 Å². The lowest BCUT2D eigenvalue weighted by molar-refractivity contribution is 0.100. The largest absolute Gasteiger partial charge is 0.383 e. The summed E-state index contributed by atoms with van der Waals surface area (Å²) in [7, 11) is 0. The molecule has 0 spiro atoms. The van der Waals surface area contributed by atoms with Crippen LogP contribution in [0.1, 0.15) is 16.1 Å². The highest BCUT2D eigenvalue weighted by Gasteiger charge is 2.15. The summed E-state index contributed by atoms with van der Waals surface area (Å²) in [4.78, 5) is 15.6. The van der Waals surface area contributed by atoms with E-state index in [1.165, 1.54) is 0 Å². The van der Waals surface area contributed by atoms with E-state index < -0.39 is 5.91 Å². The Labute approximate surface area is 115 Å². The van der Waals surface area contributed by atoms with Gasteiger partial charge in [0.1, 0.15) is 5.82 Å². The molecule has 1 amide bonds. The monoisotopic (exact) mass is 267 g/mol. The Kier molecular flexibility index (Phi) is 2.64. The smallest absolute Gasteiger partial charge is 0.252 e. The number of hydrogen-bond acceptors (Lipinski definition) is 4. The maximum Gasteiger partial charge on any atom is 0.252 e. The zero-order valence-corrected chi connectivity index (χ0v) is 10.9. The number of rotatable bonds is 2. The number of nitrogens with zero attached hydrogens (tertiary/aromatic N) is 3. The van der Waals surface area contributed by atoms with Gasteiger partial charge < -0.3 is 11.5 Å². The summed E-state index contributed by atoms with van der Waals surface area (Å²) in [6, 6.07) is 11.2. The lowest BCUT2D eigenvalue weighted by Crippen LogP contribution is -2.14. The van der Waals surface area contributed by atoms with E-state index in [2.05, 4.69) is 10.1 Å². The maximum atomic E-state index is 11.3. The summed E-state index contributed by atoms with van der Waals surface area (Å²) in [5.41, 5.74) is 13.5. The normalized spacial score (nSPS) is 10.8. The second kappa shape index (κ2) is 4.34. The minimum Gasteiger partial charge on any atom is -0.383 e. The highest BCUT2D eigenvalue weighted by Crippen LogP contribution is 2.23. The molecule has 2 heterocycles. The molecule has 20 heavy (non-hydrogen) atoms. The van der Waals surface area contributed by atoms with Crippen LogP contribution in [0.25, 0.3) is 16.7 Å². The molecule has 1 aromatic carbocycles. The van der Waals surface area contributed by atoms with Gasteiger partial charge in [0.25, 0.3) is 5.91 Å². The van der Waals surface area contributed by atoms with Crippen LogP contribution in [0.5, 0.6) is 0 Å². The number of benzene rings is 1. The van der Waals surface area contributed by atoms with E-state index in [-0.39, 0.29) is 11.4 Å². The molecule has 3 aromatic rings. The number of carbonyl (C=O) groups excluding carboxylic acids is 1. The minimum atomic E-state index is -0.594. The second-order valence-corrected chi connectivity index (χ2v) is 4.49. The van der Waals surface area contributed by atoms with Crippen molar-refractivity contribution in [3.05, 3.63) is 47.7 Å². The SMILES string of the molecule is Cc1nn(-c2ccccc2)c2nc(N)c(C(N)=O)cc12. The molecule has 0 radical (unpaired) electrons. The van der Waals surface area contributed by atoms with Crippen molar-refractivity contribution in [1.29, 1.82) is 0 Å². The van der Waals surface area contributed by atoms with Crippen LogP contribution in [0.3, 0.4) is 0 Å². The number of carbonyl (C=O) groups is 1. The Bertz CT molecular complexity index is 807. The minimum absolute atomic E-state index is 0.113. The third-order valence-corrected chi connectivity index (χ3v) is 3.14. The Balaban J connectivity index is 2.32. The molecule has 0 saturated heterocycles. The number of anilines is 1. The molecule has 4 N–H and O–H groups in total. The quantitative estimate of drug-likeness (QED) is 0.733. The first-order valence-corrected chi connectivity index (χ1v) is 6.09. The van der Waals surface area contributed by atoms with Gasteiger partial charge in [0, 0.05) is 5.39 Å². The van der Waals surface area contributed by atoms with Gasteiger partial charge in [-0.1, -0.05) is 18.2 Å². The van der Waals surface area contributed by atoms with Gasteiger partial charge in [0.15, 0.2) is 5.65 Å². The molecule has 6 nitrogen and oxygen atoms in total. The van der Waals surface area contributed by atoms with Crippen molar-refractivity contribution in [3.63, 3.8) is 0 Å². The fraction of sp³-hybridized carbons (Fsp3) is 0.0714. The zero-order valence-electron chi connectivity index (χ0n) is 10.9. The van der Waals surface area contributed by atoms with Crippen molar-refractivity contribution in [3.8, 4) is 5.69 Å². The number of amides is 1. The number of hydrogen-bond donors (Lipinski definition) is 2. The third-order valence-electron chi connectivity index (χ3n) is 3.14. The van der Waals surface area contributed by atoms with Gasteiger partial charge in [-0.3, -0.25) is 4.79 Å². The molecule has 100 valence electrons. The van der Waals surface area contributed by atoms with Crippen molar-refractivity contribution in [1.82, 2.24) is 14.8 Å². The average Bonchev–Trinajstić information content (AvgIpc) is 2.75. The predicted molar refractivity (Wildman–Crippen MR) is 76.5 cm³/mol. The van der Waals surface area contributed by atoms with Crippen LogP contribution in [0.15, 0.2) is 36.4 Å². The van der Waals surface area contributed by atoms with E-state index in [4.69, 9.17) is 11.5 Å². The number of fused-ring (bicyclic) bond motifs is 1. The van der Waals surface area contributed by atoms with E-state index in [0.717, 1.165) is 16.8 Å². The van der Waals surface area contributed by atoms with Crippen molar-refractivity contribution < 1.29 is 4.79 Å². The fourth-order valence-electron chi connectivity index (χ4n) is 2.14. The van der Waals surface area contributed by atoms with E-state index in [0.29, 0.717) is 5.65 Å². The number of pyridine rings is 1. The van der Waals surface area contributed by atoms with Crippen molar-refractivity contribution in [2.24, 2.45) is 5.73 Å². The summed E-state index contributed by atoms with van der Waals surface area (Å²) in [6.07, 6.45) is 0. The summed E-state index contributed by atoms with van der Waals surface area (Å²) in [5, 5.41) is 5.21. The van der Waals surface area contributed by atoms with Crippen LogP contribution in [-0.2, 0) is 0 Å². The summed E-state index contributed by atoms with van der Waals surface area (Å²) < 4.78 is 1.70. The molecular formula is C14H13N5O. The van der Waals surface area contributed by atoms with Crippen LogP contribution < -0.4 is 11.5 Å². The van der Waals surface area contributed by atoms with Gasteiger partial charge in [0.05, 0.1) is 16.9 Å². The highest BCUT2D eigenvalue weighted by molar-refractivity contribution is 6.01. The topological polar surface area (TPSA) is 99.8 Å². The Morgan fingerprint density at radius 3 is 2.60 bits per heavy atom. The van der Waals surface area contributed by atoms with Crippen LogP contribution in [-0.4, -0.2) is 20.7 Å². The fourth-order valence-corrected chi connectivity index (χ4v) is 2.14. The number of nitrogens with two attached hydrogens (primary N) is 2. The molecule has 0 aliphatic rings. The number of para-hydroxylation sites is 1. The van der Waals surface area contributed by atoms with Crippen molar-refractivity contribution in [2.45, 2.75) is 6.92 Å². The summed E-state index contributed by atoms with van der Waals surface area (Å²) >= 11 is 0. The van der Waals surface area contributed by atoms with E-state index >= 15 is 0 Å². The van der Waals surface area contributed by atoms with Crippen LogP contribution in [0, 0.1) is 6.92 Å².